The van der Waals surface area contributed by atoms with Gasteiger partial charge in [-0.25, -0.2) is 0 Å². The minimum Gasteiger partial charge on any atom is -0.489 e. The Balaban J connectivity index is 2.03. The van der Waals surface area contributed by atoms with Crippen molar-refractivity contribution in [2.75, 3.05) is 18.1 Å². The van der Waals surface area contributed by atoms with Crippen LogP contribution in [0.2, 0.25) is 0 Å². The monoisotopic (exact) mass is 190 g/mol. The van der Waals surface area contributed by atoms with E-state index in [4.69, 9.17) is 10.5 Å². The van der Waals surface area contributed by atoms with Crippen LogP contribution in [0.5, 0.6) is 5.75 Å². The fourth-order valence-electron chi connectivity index (χ4n) is 2.38. The third-order valence-electron chi connectivity index (χ3n) is 3.18. The first-order chi connectivity index (χ1) is 6.86. The summed E-state index contributed by atoms with van der Waals surface area (Å²) in [5.74, 6) is 0.998. The number of nitrogens with two attached hydrogens (primary N) is 1. The molecule has 1 aromatic rings. The van der Waals surface area contributed by atoms with Crippen molar-refractivity contribution in [2.45, 2.75) is 18.5 Å². The average Bonchev–Trinajstić information content (AvgIpc) is 2.61. The highest BCUT2D eigenvalue weighted by Gasteiger charge is 2.36. The predicted molar refractivity (Wildman–Crippen MR) is 55.7 cm³/mol. The fourth-order valence-corrected chi connectivity index (χ4v) is 2.38. The van der Waals surface area contributed by atoms with E-state index in [1.54, 1.807) is 0 Å². The van der Waals surface area contributed by atoms with Gasteiger partial charge in [-0.2, -0.15) is 0 Å². The number of para-hydroxylation sites is 2. The molecule has 0 aliphatic carbocycles. The van der Waals surface area contributed by atoms with Crippen molar-refractivity contribution in [3.8, 4) is 5.75 Å². The number of rotatable bonds is 0. The Labute approximate surface area is 83.5 Å². The Morgan fingerprint density at radius 1 is 1.36 bits per heavy atom. The topological polar surface area (TPSA) is 38.5 Å². The molecule has 74 valence electrons. The van der Waals surface area contributed by atoms with Gasteiger partial charge in [-0.15, -0.1) is 0 Å². The van der Waals surface area contributed by atoms with Crippen LogP contribution in [-0.2, 0) is 0 Å². The van der Waals surface area contributed by atoms with Crippen molar-refractivity contribution in [3.63, 3.8) is 0 Å². The van der Waals surface area contributed by atoms with E-state index in [9.17, 15) is 0 Å². The molecule has 3 rings (SSSR count). The highest BCUT2D eigenvalue weighted by atomic mass is 16.5. The summed E-state index contributed by atoms with van der Waals surface area (Å²) < 4.78 is 5.69. The van der Waals surface area contributed by atoms with Gasteiger partial charge in [0.05, 0.1) is 11.7 Å². The maximum Gasteiger partial charge on any atom is 0.142 e. The molecule has 3 nitrogen and oxygen atoms in total. The number of hydrogen-bond donors (Lipinski definition) is 1. The first-order valence-electron chi connectivity index (χ1n) is 5.10. The summed E-state index contributed by atoms with van der Waals surface area (Å²) in [5.41, 5.74) is 7.23. The van der Waals surface area contributed by atoms with Crippen molar-refractivity contribution < 1.29 is 4.74 Å². The first-order valence-corrected chi connectivity index (χ1v) is 5.10. The van der Waals surface area contributed by atoms with Gasteiger partial charge in [0.1, 0.15) is 12.4 Å². The minimum atomic E-state index is 0.267. The van der Waals surface area contributed by atoms with Gasteiger partial charge >= 0.3 is 0 Å². The van der Waals surface area contributed by atoms with E-state index < -0.39 is 0 Å². The molecule has 0 bridgehead atoms. The molecule has 3 heteroatoms. The molecule has 2 atom stereocenters. The van der Waals surface area contributed by atoms with Crippen LogP contribution in [0.1, 0.15) is 6.42 Å². The summed E-state index contributed by atoms with van der Waals surface area (Å²) in [7, 11) is 0. The number of ether oxygens (including phenoxy) is 1. The molecule has 0 radical (unpaired) electrons. The molecule has 0 spiro atoms. The molecule has 1 aromatic carbocycles. The summed E-state index contributed by atoms with van der Waals surface area (Å²) >= 11 is 0. The smallest absolute Gasteiger partial charge is 0.142 e. The number of fused-ring (bicyclic) bond motifs is 3. The Kier molecular flexibility index (Phi) is 1.67. The molecule has 0 saturated carbocycles. The second-order valence-electron chi connectivity index (χ2n) is 3.99. The molecule has 2 aliphatic rings. The van der Waals surface area contributed by atoms with Crippen LogP contribution in [-0.4, -0.2) is 25.2 Å². The van der Waals surface area contributed by atoms with Gasteiger partial charge < -0.3 is 15.4 Å². The largest absolute Gasteiger partial charge is 0.489 e. The molecule has 2 heterocycles. The molecule has 0 amide bonds. The van der Waals surface area contributed by atoms with E-state index in [0.717, 1.165) is 25.3 Å². The normalized spacial score (nSPS) is 29.4. The second-order valence-corrected chi connectivity index (χ2v) is 3.99. The fraction of sp³-hybridized carbons (Fsp3) is 0.455. The van der Waals surface area contributed by atoms with Crippen LogP contribution in [0.25, 0.3) is 0 Å². The summed E-state index contributed by atoms with van der Waals surface area (Å²) in [6, 6.07) is 8.84. The highest BCUT2D eigenvalue weighted by Crippen LogP contribution is 2.36. The van der Waals surface area contributed by atoms with E-state index in [-0.39, 0.29) is 6.04 Å². The van der Waals surface area contributed by atoms with Gasteiger partial charge in [0.15, 0.2) is 0 Å². The second kappa shape index (κ2) is 2.89. The maximum atomic E-state index is 6.02. The molecule has 2 unspecified atom stereocenters. The number of hydrogen-bond acceptors (Lipinski definition) is 3. The van der Waals surface area contributed by atoms with E-state index in [0.29, 0.717) is 6.04 Å². The lowest BCUT2D eigenvalue weighted by Gasteiger charge is -2.34. The van der Waals surface area contributed by atoms with E-state index >= 15 is 0 Å². The quantitative estimate of drug-likeness (QED) is 0.663. The van der Waals surface area contributed by atoms with E-state index in [2.05, 4.69) is 17.0 Å². The van der Waals surface area contributed by atoms with Crippen molar-refractivity contribution in [3.05, 3.63) is 24.3 Å². The zero-order valence-electron chi connectivity index (χ0n) is 8.02. The summed E-state index contributed by atoms with van der Waals surface area (Å²) in [5, 5.41) is 0. The zero-order chi connectivity index (χ0) is 9.54. The molecule has 1 fully saturated rings. The van der Waals surface area contributed by atoms with Crippen molar-refractivity contribution in [2.24, 2.45) is 5.73 Å². The van der Waals surface area contributed by atoms with Crippen LogP contribution in [0.4, 0.5) is 5.69 Å². The number of nitrogens with zero attached hydrogens (tertiary/aromatic N) is 1. The number of anilines is 1. The van der Waals surface area contributed by atoms with E-state index in [1.165, 1.54) is 5.69 Å². The lowest BCUT2D eigenvalue weighted by molar-refractivity contribution is 0.263. The average molecular weight is 190 g/mol. The van der Waals surface area contributed by atoms with Crippen LogP contribution in [0, 0.1) is 0 Å². The Morgan fingerprint density at radius 3 is 3.14 bits per heavy atom. The maximum absolute atomic E-state index is 6.02. The molecule has 2 N–H and O–H groups in total. The van der Waals surface area contributed by atoms with Gasteiger partial charge in [0, 0.05) is 12.6 Å². The van der Waals surface area contributed by atoms with Gasteiger partial charge in [-0.05, 0) is 18.6 Å². The van der Waals surface area contributed by atoms with E-state index in [1.807, 2.05) is 12.1 Å². The number of benzene rings is 1. The van der Waals surface area contributed by atoms with Crippen molar-refractivity contribution >= 4 is 5.69 Å². The van der Waals surface area contributed by atoms with Crippen LogP contribution < -0.4 is 15.4 Å². The zero-order valence-corrected chi connectivity index (χ0v) is 8.02. The molecule has 0 aromatic heterocycles. The first kappa shape index (κ1) is 8.12. The molecule has 2 aliphatic heterocycles. The Hall–Kier alpha value is -1.22. The summed E-state index contributed by atoms with van der Waals surface area (Å²) in [6.07, 6.45) is 1.07. The van der Waals surface area contributed by atoms with Gasteiger partial charge in [0.2, 0.25) is 0 Å². The Morgan fingerprint density at radius 2 is 2.21 bits per heavy atom. The molecular weight excluding hydrogens is 176 g/mol. The summed E-state index contributed by atoms with van der Waals surface area (Å²) in [4.78, 5) is 2.38. The molecular formula is C11H14N2O. The van der Waals surface area contributed by atoms with Gasteiger partial charge in [-0.3, -0.25) is 0 Å². The Bertz CT molecular complexity index is 353. The molecule has 14 heavy (non-hydrogen) atoms. The van der Waals surface area contributed by atoms with Gasteiger partial charge in [0.25, 0.3) is 0 Å². The minimum absolute atomic E-state index is 0.267. The van der Waals surface area contributed by atoms with Crippen molar-refractivity contribution in [1.82, 2.24) is 0 Å². The standard InChI is InChI=1S/C11H14N2O/c12-8-5-6-13-9-3-1-2-4-11(9)14-7-10(8)13/h1-4,8,10H,5-7,12H2. The van der Waals surface area contributed by atoms with Crippen LogP contribution >= 0.6 is 0 Å². The van der Waals surface area contributed by atoms with Crippen LogP contribution in [0.15, 0.2) is 24.3 Å². The third-order valence-corrected chi connectivity index (χ3v) is 3.18. The summed E-state index contributed by atoms with van der Waals surface area (Å²) in [6.45, 7) is 1.80. The predicted octanol–water partition coefficient (Wildman–Crippen LogP) is 0.985. The van der Waals surface area contributed by atoms with Crippen molar-refractivity contribution in [1.29, 1.82) is 0 Å². The lowest BCUT2D eigenvalue weighted by Crippen LogP contribution is -2.46. The van der Waals surface area contributed by atoms with Gasteiger partial charge in [-0.1, -0.05) is 12.1 Å². The SMILES string of the molecule is NC1CCN2c3ccccc3OCC12. The highest BCUT2D eigenvalue weighted by molar-refractivity contribution is 5.61. The third kappa shape index (κ3) is 1.02. The van der Waals surface area contributed by atoms with Crippen LogP contribution in [0.3, 0.4) is 0 Å². The lowest BCUT2D eigenvalue weighted by atomic mass is 10.1. The molecule has 1 saturated heterocycles.